The minimum Gasteiger partial charge on any atom is -0.459 e. The average Bonchev–Trinajstić information content (AvgIpc) is 2.42. The van der Waals surface area contributed by atoms with Gasteiger partial charge in [0.2, 0.25) is 0 Å². The summed E-state index contributed by atoms with van der Waals surface area (Å²) in [5.74, 6) is 0.0219. The molecule has 0 saturated carbocycles. The van der Waals surface area contributed by atoms with E-state index in [-0.39, 0.29) is 11.7 Å². The maximum Gasteiger partial charge on any atom is 0.316 e. The highest BCUT2D eigenvalue weighted by Crippen LogP contribution is 2.30. The Kier molecular flexibility index (Phi) is 4.54. The van der Waals surface area contributed by atoms with Crippen LogP contribution >= 0.6 is 11.8 Å². The fourth-order valence-corrected chi connectivity index (χ4v) is 2.83. The first-order valence-electron chi connectivity index (χ1n) is 6.67. The first-order valence-corrected chi connectivity index (χ1v) is 7.66. The van der Waals surface area contributed by atoms with E-state index in [9.17, 15) is 4.79 Å². The van der Waals surface area contributed by atoms with E-state index in [0.717, 1.165) is 15.7 Å². The Bertz CT molecular complexity index is 711. The van der Waals surface area contributed by atoms with Gasteiger partial charge in [-0.2, -0.15) is 5.26 Å². The van der Waals surface area contributed by atoms with Crippen molar-refractivity contribution in [2.45, 2.75) is 31.3 Å². The molecule has 0 N–H and O–H groups in total. The van der Waals surface area contributed by atoms with Crippen LogP contribution in [0.3, 0.4) is 0 Å². The summed E-state index contributed by atoms with van der Waals surface area (Å²) in [6.07, 6.45) is 0. The summed E-state index contributed by atoms with van der Waals surface area (Å²) >= 11 is 1.43. The van der Waals surface area contributed by atoms with E-state index >= 15 is 0 Å². The van der Waals surface area contributed by atoms with Crippen molar-refractivity contribution in [3.8, 4) is 6.07 Å². The summed E-state index contributed by atoms with van der Waals surface area (Å²) in [6, 6.07) is 13.6. The number of hydrogen-bond donors (Lipinski definition) is 0. The van der Waals surface area contributed by atoms with Gasteiger partial charge in [-0.05, 0) is 38.3 Å². The van der Waals surface area contributed by atoms with Crippen molar-refractivity contribution in [2.75, 3.05) is 5.75 Å². The van der Waals surface area contributed by atoms with Crippen molar-refractivity contribution in [1.29, 1.82) is 5.26 Å². The van der Waals surface area contributed by atoms with E-state index in [0.29, 0.717) is 5.56 Å². The number of esters is 1. The molecule has 0 saturated heterocycles. The SMILES string of the molecule is CC(C)(C)OC(=O)CSc1ccc(C#N)c2ccccc12. The summed E-state index contributed by atoms with van der Waals surface area (Å²) in [4.78, 5) is 12.8. The molecule has 3 nitrogen and oxygen atoms in total. The van der Waals surface area contributed by atoms with Gasteiger partial charge in [0.15, 0.2) is 0 Å². The quantitative estimate of drug-likeness (QED) is 0.631. The highest BCUT2D eigenvalue weighted by molar-refractivity contribution is 8.00. The molecule has 0 aliphatic rings. The zero-order chi connectivity index (χ0) is 15.5. The second-order valence-corrected chi connectivity index (χ2v) is 6.66. The molecule has 21 heavy (non-hydrogen) atoms. The molecule has 0 aromatic heterocycles. The normalized spacial score (nSPS) is 11.1. The maximum atomic E-state index is 11.8. The van der Waals surface area contributed by atoms with E-state index in [2.05, 4.69) is 6.07 Å². The van der Waals surface area contributed by atoms with Crippen LogP contribution in [-0.4, -0.2) is 17.3 Å². The van der Waals surface area contributed by atoms with Gasteiger partial charge in [0.1, 0.15) is 5.60 Å². The Balaban J connectivity index is 2.21. The Morgan fingerprint density at radius 2 is 1.86 bits per heavy atom. The predicted octanol–water partition coefficient (Wildman–Crippen LogP) is 4.15. The molecule has 0 aliphatic heterocycles. The predicted molar refractivity (Wildman–Crippen MR) is 85.2 cm³/mol. The number of hydrogen-bond acceptors (Lipinski definition) is 4. The molecule has 2 rings (SSSR count). The summed E-state index contributed by atoms with van der Waals surface area (Å²) in [5, 5.41) is 11.0. The number of benzene rings is 2. The second kappa shape index (κ2) is 6.19. The summed E-state index contributed by atoms with van der Waals surface area (Å²) in [6.45, 7) is 5.56. The molecule has 108 valence electrons. The van der Waals surface area contributed by atoms with Gasteiger partial charge in [-0.3, -0.25) is 4.79 Å². The average molecular weight is 299 g/mol. The van der Waals surface area contributed by atoms with E-state index < -0.39 is 5.60 Å². The minimum atomic E-state index is -0.468. The number of carbonyl (C=O) groups excluding carboxylic acids is 1. The highest BCUT2D eigenvalue weighted by atomic mass is 32.2. The molecule has 2 aromatic rings. The zero-order valence-electron chi connectivity index (χ0n) is 12.3. The van der Waals surface area contributed by atoms with Crippen molar-refractivity contribution >= 4 is 28.5 Å². The highest BCUT2D eigenvalue weighted by Gasteiger charge is 2.16. The lowest BCUT2D eigenvalue weighted by atomic mass is 10.1. The third-order valence-corrected chi connectivity index (χ3v) is 3.82. The Morgan fingerprint density at radius 1 is 1.19 bits per heavy atom. The lowest BCUT2D eigenvalue weighted by Gasteiger charge is -2.19. The molecule has 0 spiro atoms. The van der Waals surface area contributed by atoms with Crippen molar-refractivity contribution < 1.29 is 9.53 Å². The maximum absolute atomic E-state index is 11.8. The third kappa shape index (κ3) is 3.99. The van der Waals surface area contributed by atoms with Gasteiger partial charge < -0.3 is 4.74 Å². The lowest BCUT2D eigenvalue weighted by molar-refractivity contribution is -0.151. The van der Waals surface area contributed by atoms with Crippen LogP contribution in [0.2, 0.25) is 0 Å². The number of fused-ring (bicyclic) bond motifs is 1. The van der Waals surface area contributed by atoms with Crippen LogP contribution in [0.15, 0.2) is 41.3 Å². The standard InChI is InChI=1S/C17H17NO2S/c1-17(2,3)20-16(19)11-21-15-9-8-12(10-18)13-6-4-5-7-14(13)15/h4-9H,11H2,1-3H3. The van der Waals surface area contributed by atoms with Crippen LogP contribution in [0, 0.1) is 11.3 Å². The summed E-state index contributed by atoms with van der Waals surface area (Å²) in [7, 11) is 0. The Labute approximate surface area is 128 Å². The number of ether oxygens (including phenoxy) is 1. The number of carbonyl (C=O) groups is 1. The van der Waals surface area contributed by atoms with Gasteiger partial charge in [0.25, 0.3) is 0 Å². The van der Waals surface area contributed by atoms with Crippen molar-refractivity contribution in [2.24, 2.45) is 0 Å². The topological polar surface area (TPSA) is 50.1 Å². The van der Waals surface area contributed by atoms with Gasteiger partial charge in [0, 0.05) is 10.3 Å². The summed E-state index contributed by atoms with van der Waals surface area (Å²) < 4.78 is 5.30. The van der Waals surface area contributed by atoms with E-state index in [1.807, 2.05) is 51.1 Å². The van der Waals surface area contributed by atoms with Crippen LogP contribution in [-0.2, 0) is 9.53 Å². The monoisotopic (exact) mass is 299 g/mol. The smallest absolute Gasteiger partial charge is 0.316 e. The van der Waals surface area contributed by atoms with Crippen molar-refractivity contribution in [1.82, 2.24) is 0 Å². The first kappa shape index (κ1) is 15.4. The molecule has 0 aliphatic carbocycles. The number of nitrogens with zero attached hydrogens (tertiary/aromatic N) is 1. The van der Waals surface area contributed by atoms with Gasteiger partial charge in [-0.1, -0.05) is 24.3 Å². The van der Waals surface area contributed by atoms with Gasteiger partial charge in [-0.15, -0.1) is 11.8 Å². The Morgan fingerprint density at radius 3 is 2.48 bits per heavy atom. The molecular weight excluding hydrogens is 282 g/mol. The van der Waals surface area contributed by atoms with Crippen LogP contribution in [0.4, 0.5) is 0 Å². The lowest BCUT2D eigenvalue weighted by Crippen LogP contribution is -2.24. The molecule has 0 amide bonds. The Hall–Kier alpha value is -1.99. The fourth-order valence-electron chi connectivity index (χ4n) is 2.00. The van der Waals surface area contributed by atoms with Crippen molar-refractivity contribution in [3.63, 3.8) is 0 Å². The molecule has 4 heteroatoms. The zero-order valence-corrected chi connectivity index (χ0v) is 13.2. The van der Waals surface area contributed by atoms with Gasteiger partial charge in [-0.25, -0.2) is 0 Å². The first-order chi connectivity index (χ1) is 9.90. The summed E-state index contributed by atoms with van der Waals surface area (Å²) in [5.41, 5.74) is 0.178. The van der Waals surface area contributed by atoms with Crippen LogP contribution < -0.4 is 0 Å². The van der Waals surface area contributed by atoms with Gasteiger partial charge >= 0.3 is 5.97 Å². The van der Waals surface area contributed by atoms with Crippen LogP contribution in [0.1, 0.15) is 26.3 Å². The largest absolute Gasteiger partial charge is 0.459 e. The van der Waals surface area contributed by atoms with Crippen LogP contribution in [0.5, 0.6) is 0 Å². The molecule has 0 unspecified atom stereocenters. The molecule has 0 radical (unpaired) electrons. The molecular formula is C17H17NO2S. The number of nitriles is 1. The van der Waals surface area contributed by atoms with Gasteiger partial charge in [0.05, 0.1) is 17.4 Å². The molecule has 0 bridgehead atoms. The van der Waals surface area contributed by atoms with Crippen molar-refractivity contribution in [3.05, 3.63) is 42.0 Å². The second-order valence-electron chi connectivity index (χ2n) is 5.64. The van der Waals surface area contributed by atoms with E-state index in [4.69, 9.17) is 10.00 Å². The van der Waals surface area contributed by atoms with E-state index in [1.165, 1.54) is 11.8 Å². The van der Waals surface area contributed by atoms with Crippen LogP contribution in [0.25, 0.3) is 10.8 Å². The number of thioether (sulfide) groups is 1. The molecule has 0 fully saturated rings. The minimum absolute atomic E-state index is 0.235. The fraction of sp³-hybridized carbons (Fsp3) is 0.294. The third-order valence-electron chi connectivity index (χ3n) is 2.77. The molecule has 0 heterocycles. The van der Waals surface area contributed by atoms with E-state index in [1.54, 1.807) is 6.07 Å². The number of rotatable bonds is 3. The molecule has 0 atom stereocenters. The molecule has 2 aromatic carbocycles.